The molecule has 0 fully saturated rings. The minimum absolute atomic E-state index is 0.887. The first-order valence-electron chi connectivity index (χ1n) is 6.94. The standard InChI is InChI=1S/C18H17N3/c1-13-6-3-4-8-15(11-10-13)16-12-19-21-18(16)17-9-5-7-14(2)20-17/h3-5,7-12H,1,6H2,2H3,(H,19,21)/b4-3+,11-10-,15-8-. The number of hydrogen-bond donors (Lipinski definition) is 1. The van der Waals surface area contributed by atoms with Crippen LogP contribution in [0.4, 0.5) is 0 Å². The van der Waals surface area contributed by atoms with E-state index in [9.17, 15) is 0 Å². The molecule has 3 rings (SSSR count). The lowest BCUT2D eigenvalue weighted by Crippen LogP contribution is -1.91. The second-order valence-corrected chi connectivity index (χ2v) is 5.07. The van der Waals surface area contributed by atoms with Crippen molar-refractivity contribution in [3.8, 4) is 11.4 Å². The number of aromatic amines is 1. The van der Waals surface area contributed by atoms with Crippen molar-refractivity contribution in [1.82, 2.24) is 15.2 Å². The Kier molecular flexibility index (Phi) is 3.65. The Morgan fingerprint density at radius 3 is 3.00 bits per heavy atom. The Morgan fingerprint density at radius 1 is 1.24 bits per heavy atom. The molecule has 3 nitrogen and oxygen atoms in total. The van der Waals surface area contributed by atoms with Crippen LogP contribution in [0.5, 0.6) is 0 Å². The maximum atomic E-state index is 4.57. The molecule has 104 valence electrons. The molecule has 0 aromatic carbocycles. The second kappa shape index (κ2) is 5.75. The van der Waals surface area contributed by atoms with E-state index in [1.807, 2.05) is 31.3 Å². The Labute approximate surface area is 124 Å². The van der Waals surface area contributed by atoms with Gasteiger partial charge in [0.2, 0.25) is 0 Å². The van der Waals surface area contributed by atoms with Gasteiger partial charge in [-0.15, -0.1) is 0 Å². The Balaban J connectivity index is 2.06. The van der Waals surface area contributed by atoms with Crippen molar-refractivity contribution in [2.45, 2.75) is 13.3 Å². The molecular formula is C18H17N3. The summed E-state index contributed by atoms with van der Waals surface area (Å²) in [4.78, 5) is 4.57. The van der Waals surface area contributed by atoms with Crippen molar-refractivity contribution in [1.29, 1.82) is 0 Å². The van der Waals surface area contributed by atoms with Gasteiger partial charge in [-0.2, -0.15) is 5.10 Å². The van der Waals surface area contributed by atoms with Gasteiger partial charge in [-0.3, -0.25) is 10.1 Å². The molecule has 0 spiro atoms. The zero-order valence-electron chi connectivity index (χ0n) is 12.0. The Morgan fingerprint density at radius 2 is 2.14 bits per heavy atom. The van der Waals surface area contributed by atoms with Gasteiger partial charge < -0.3 is 0 Å². The number of rotatable bonds is 2. The van der Waals surface area contributed by atoms with Gasteiger partial charge in [0.05, 0.1) is 17.6 Å². The summed E-state index contributed by atoms with van der Waals surface area (Å²) in [7, 11) is 0. The van der Waals surface area contributed by atoms with Crippen LogP contribution in [-0.2, 0) is 0 Å². The van der Waals surface area contributed by atoms with Crippen LogP contribution in [0.15, 0.2) is 66.9 Å². The molecular weight excluding hydrogens is 258 g/mol. The quantitative estimate of drug-likeness (QED) is 0.890. The van der Waals surface area contributed by atoms with Crippen LogP contribution in [-0.4, -0.2) is 15.2 Å². The van der Waals surface area contributed by atoms with E-state index >= 15 is 0 Å². The second-order valence-electron chi connectivity index (χ2n) is 5.07. The minimum atomic E-state index is 0.887. The molecule has 1 aliphatic carbocycles. The third-order valence-electron chi connectivity index (χ3n) is 3.39. The van der Waals surface area contributed by atoms with Crippen molar-refractivity contribution >= 4 is 5.57 Å². The molecule has 1 N–H and O–H groups in total. The third kappa shape index (κ3) is 2.92. The van der Waals surface area contributed by atoms with E-state index < -0.39 is 0 Å². The molecule has 0 saturated carbocycles. The molecule has 0 saturated heterocycles. The Bertz CT molecular complexity index is 760. The fraction of sp³-hybridized carbons (Fsp3) is 0.111. The topological polar surface area (TPSA) is 41.6 Å². The average molecular weight is 275 g/mol. The molecule has 2 aromatic heterocycles. The van der Waals surface area contributed by atoms with Crippen molar-refractivity contribution in [2.75, 3.05) is 0 Å². The average Bonchev–Trinajstić information content (AvgIpc) is 2.93. The maximum Gasteiger partial charge on any atom is 0.0912 e. The third-order valence-corrected chi connectivity index (χ3v) is 3.39. The molecule has 0 unspecified atom stereocenters. The summed E-state index contributed by atoms with van der Waals surface area (Å²) in [6, 6.07) is 5.99. The number of aromatic nitrogens is 3. The molecule has 21 heavy (non-hydrogen) atoms. The van der Waals surface area contributed by atoms with Crippen LogP contribution in [0.25, 0.3) is 17.0 Å². The molecule has 0 radical (unpaired) electrons. The number of nitrogens with zero attached hydrogens (tertiary/aromatic N) is 2. The van der Waals surface area contributed by atoms with Gasteiger partial charge in [-0.05, 0) is 31.1 Å². The molecule has 3 heteroatoms. The van der Waals surface area contributed by atoms with E-state index in [1.54, 1.807) is 0 Å². The maximum absolute atomic E-state index is 4.57. The number of pyridine rings is 1. The lowest BCUT2D eigenvalue weighted by molar-refractivity contribution is 1.08. The van der Waals surface area contributed by atoms with Gasteiger partial charge in [0, 0.05) is 11.3 Å². The summed E-state index contributed by atoms with van der Waals surface area (Å²) < 4.78 is 0. The molecule has 2 heterocycles. The highest BCUT2D eigenvalue weighted by molar-refractivity contribution is 5.83. The monoisotopic (exact) mass is 275 g/mol. The van der Waals surface area contributed by atoms with Gasteiger partial charge in [0.1, 0.15) is 0 Å². The fourth-order valence-corrected chi connectivity index (χ4v) is 2.28. The predicted octanol–water partition coefficient (Wildman–Crippen LogP) is 4.24. The lowest BCUT2D eigenvalue weighted by atomic mass is 10.0. The summed E-state index contributed by atoms with van der Waals surface area (Å²) in [5.41, 5.74) is 6.07. The van der Waals surface area contributed by atoms with Crippen LogP contribution >= 0.6 is 0 Å². The summed E-state index contributed by atoms with van der Waals surface area (Å²) >= 11 is 0. The normalized spacial score (nSPS) is 20.2. The van der Waals surface area contributed by atoms with Crippen molar-refractivity contribution < 1.29 is 0 Å². The number of aryl methyl sites for hydroxylation is 1. The van der Waals surface area contributed by atoms with Crippen LogP contribution in [0.1, 0.15) is 17.7 Å². The van der Waals surface area contributed by atoms with Gasteiger partial charge in [-0.25, -0.2) is 0 Å². The van der Waals surface area contributed by atoms with Gasteiger partial charge in [-0.1, -0.05) is 48.6 Å². The summed E-state index contributed by atoms with van der Waals surface area (Å²) in [5, 5.41) is 7.25. The van der Waals surface area contributed by atoms with E-state index in [0.29, 0.717) is 0 Å². The van der Waals surface area contributed by atoms with Crippen molar-refractivity contribution in [3.63, 3.8) is 0 Å². The first-order valence-corrected chi connectivity index (χ1v) is 6.94. The van der Waals surface area contributed by atoms with Crippen LogP contribution in [0.2, 0.25) is 0 Å². The summed E-state index contributed by atoms with van der Waals surface area (Å²) in [5.74, 6) is 0. The highest BCUT2D eigenvalue weighted by Gasteiger charge is 2.11. The zero-order valence-corrected chi connectivity index (χ0v) is 12.0. The van der Waals surface area contributed by atoms with E-state index in [0.717, 1.165) is 40.2 Å². The van der Waals surface area contributed by atoms with Gasteiger partial charge in [0.15, 0.2) is 0 Å². The Hall–Kier alpha value is -2.68. The summed E-state index contributed by atoms with van der Waals surface area (Å²) in [6.45, 7) is 6.01. The molecule has 0 atom stereocenters. The van der Waals surface area contributed by atoms with Crippen LogP contribution in [0.3, 0.4) is 0 Å². The SMILES string of the molecule is C=C1\C=C/C(c2cn[nH]c2-c2cccc(C)n2)=C/C=C/C1. The number of H-pyrrole nitrogens is 1. The molecule has 0 bridgehead atoms. The van der Waals surface area contributed by atoms with Crippen molar-refractivity contribution in [3.05, 3.63) is 78.2 Å². The van der Waals surface area contributed by atoms with E-state index in [1.165, 1.54) is 0 Å². The van der Waals surface area contributed by atoms with Gasteiger partial charge in [0.25, 0.3) is 0 Å². The van der Waals surface area contributed by atoms with E-state index in [-0.39, 0.29) is 0 Å². The minimum Gasteiger partial charge on any atom is -0.276 e. The molecule has 1 aliphatic rings. The molecule has 0 aliphatic heterocycles. The first kappa shape index (κ1) is 13.3. The molecule has 2 aromatic rings. The highest BCUT2D eigenvalue weighted by Crippen LogP contribution is 2.27. The van der Waals surface area contributed by atoms with Crippen LogP contribution < -0.4 is 0 Å². The van der Waals surface area contributed by atoms with E-state index in [4.69, 9.17) is 0 Å². The van der Waals surface area contributed by atoms with Gasteiger partial charge >= 0.3 is 0 Å². The van der Waals surface area contributed by atoms with E-state index in [2.05, 4.69) is 52.1 Å². The number of nitrogens with one attached hydrogen (secondary N) is 1. The smallest absolute Gasteiger partial charge is 0.0912 e. The number of allylic oxidation sites excluding steroid dienone is 7. The van der Waals surface area contributed by atoms with Crippen molar-refractivity contribution in [2.24, 2.45) is 0 Å². The largest absolute Gasteiger partial charge is 0.276 e. The molecule has 0 amide bonds. The predicted molar refractivity (Wildman–Crippen MR) is 86.6 cm³/mol. The number of hydrogen-bond acceptors (Lipinski definition) is 2. The van der Waals surface area contributed by atoms with Crippen LogP contribution in [0, 0.1) is 6.92 Å². The summed E-state index contributed by atoms with van der Waals surface area (Å²) in [6.07, 6.45) is 13.1. The first-order chi connectivity index (χ1) is 10.2. The highest BCUT2D eigenvalue weighted by atomic mass is 15.1. The zero-order chi connectivity index (χ0) is 14.7. The fourth-order valence-electron chi connectivity index (χ4n) is 2.28. The lowest BCUT2D eigenvalue weighted by Gasteiger charge is -2.06.